The third kappa shape index (κ3) is 2.82. The molecule has 0 saturated carbocycles. The predicted molar refractivity (Wildman–Crippen MR) is 61.0 cm³/mol. The van der Waals surface area contributed by atoms with Gasteiger partial charge in [-0.25, -0.2) is 0 Å². The van der Waals surface area contributed by atoms with Gasteiger partial charge in [0.25, 0.3) is 0 Å². The zero-order chi connectivity index (χ0) is 12.1. The summed E-state index contributed by atoms with van der Waals surface area (Å²) >= 11 is 5.96. The van der Waals surface area contributed by atoms with Crippen LogP contribution in [-0.4, -0.2) is 10.9 Å². The maximum absolute atomic E-state index is 11.2. The largest absolute Gasteiger partial charge is 0.392 e. The van der Waals surface area contributed by atoms with E-state index in [1.807, 2.05) is 6.07 Å². The number of aliphatic hydroxyl groups is 1. The van der Waals surface area contributed by atoms with Crippen LogP contribution < -0.4 is 0 Å². The fourth-order valence-corrected chi connectivity index (χ4v) is 1.67. The van der Waals surface area contributed by atoms with Crippen molar-refractivity contribution in [2.75, 3.05) is 0 Å². The molecule has 0 aliphatic carbocycles. The van der Waals surface area contributed by atoms with Crippen molar-refractivity contribution in [2.24, 2.45) is 0 Å². The predicted octanol–water partition coefficient (Wildman–Crippen LogP) is 2.11. The van der Waals surface area contributed by atoms with Gasteiger partial charge >= 0.3 is 0 Å². The summed E-state index contributed by atoms with van der Waals surface area (Å²) in [6, 6.07) is 7.12. The van der Waals surface area contributed by atoms with Crippen LogP contribution in [0.15, 0.2) is 18.2 Å². The van der Waals surface area contributed by atoms with Gasteiger partial charge in [-0.2, -0.15) is 5.26 Å². The number of ketones is 1. The van der Waals surface area contributed by atoms with Crippen molar-refractivity contribution in [1.82, 2.24) is 0 Å². The Kier molecular flexibility index (Phi) is 4.48. The van der Waals surface area contributed by atoms with E-state index in [1.165, 1.54) is 6.92 Å². The van der Waals surface area contributed by atoms with Gasteiger partial charge in [-0.05, 0) is 23.6 Å². The molecule has 84 valence electrons. The lowest BCUT2D eigenvalue weighted by molar-refractivity contribution is -0.116. The second-order valence-corrected chi connectivity index (χ2v) is 3.94. The molecule has 1 unspecified atom stereocenters. The number of rotatable bonds is 4. The smallest absolute Gasteiger partial charge is 0.152 e. The number of nitriles is 1. The van der Waals surface area contributed by atoms with Gasteiger partial charge in [0.05, 0.1) is 19.1 Å². The molecule has 0 spiro atoms. The van der Waals surface area contributed by atoms with Crippen LogP contribution in [0.3, 0.4) is 0 Å². The number of aliphatic hydroxyl groups excluding tert-OH is 1. The van der Waals surface area contributed by atoms with Gasteiger partial charge < -0.3 is 5.11 Å². The minimum absolute atomic E-state index is 0.0915. The van der Waals surface area contributed by atoms with E-state index < -0.39 is 5.38 Å². The van der Waals surface area contributed by atoms with Crippen molar-refractivity contribution in [1.29, 1.82) is 5.26 Å². The molecule has 1 rings (SSSR count). The number of carbonyl (C=O) groups excluding carboxylic acids is 1. The number of benzene rings is 1. The molecule has 0 saturated heterocycles. The number of carbonyl (C=O) groups is 1. The fraction of sp³-hybridized carbons (Fsp3) is 0.333. The van der Waals surface area contributed by atoms with Gasteiger partial charge in [0.2, 0.25) is 0 Å². The minimum Gasteiger partial charge on any atom is -0.392 e. The molecule has 0 heterocycles. The first-order chi connectivity index (χ1) is 7.60. The van der Waals surface area contributed by atoms with E-state index >= 15 is 0 Å². The van der Waals surface area contributed by atoms with Crippen molar-refractivity contribution in [3.05, 3.63) is 34.9 Å². The SMILES string of the molecule is CC(=O)C(Cl)c1ccc(CO)cc1CC#N. The molecule has 1 aromatic carbocycles. The maximum atomic E-state index is 11.2. The Hall–Kier alpha value is -1.37. The van der Waals surface area contributed by atoms with E-state index in [-0.39, 0.29) is 18.8 Å². The molecule has 0 bridgehead atoms. The first-order valence-corrected chi connectivity index (χ1v) is 5.27. The van der Waals surface area contributed by atoms with E-state index in [0.29, 0.717) is 16.7 Å². The highest BCUT2D eigenvalue weighted by molar-refractivity contribution is 6.30. The topological polar surface area (TPSA) is 61.1 Å². The average Bonchev–Trinajstić information content (AvgIpc) is 2.28. The Bertz CT molecular complexity index is 437. The molecular weight excluding hydrogens is 226 g/mol. The monoisotopic (exact) mass is 237 g/mol. The Morgan fingerprint density at radius 2 is 2.31 bits per heavy atom. The van der Waals surface area contributed by atoms with E-state index in [4.69, 9.17) is 22.0 Å². The standard InChI is InChI=1S/C12H12ClNO2/c1-8(16)12(13)11-3-2-9(7-15)6-10(11)4-5-14/h2-3,6,12,15H,4,7H2,1H3. The Morgan fingerprint density at radius 1 is 1.62 bits per heavy atom. The summed E-state index contributed by atoms with van der Waals surface area (Å²) in [4.78, 5) is 11.2. The van der Waals surface area contributed by atoms with E-state index in [0.717, 1.165) is 0 Å². The summed E-state index contributed by atoms with van der Waals surface area (Å²) in [5.41, 5.74) is 2.05. The highest BCUT2D eigenvalue weighted by atomic mass is 35.5. The van der Waals surface area contributed by atoms with Crippen molar-refractivity contribution < 1.29 is 9.90 Å². The molecule has 16 heavy (non-hydrogen) atoms. The summed E-state index contributed by atoms with van der Waals surface area (Å²) in [6.45, 7) is 1.32. The van der Waals surface area contributed by atoms with E-state index in [2.05, 4.69) is 0 Å². The molecule has 0 aliphatic rings. The summed E-state index contributed by atoms with van der Waals surface area (Å²) in [5, 5.41) is 16.9. The van der Waals surface area contributed by atoms with Crippen molar-refractivity contribution in [2.45, 2.75) is 25.3 Å². The first-order valence-electron chi connectivity index (χ1n) is 4.84. The average molecular weight is 238 g/mol. The molecule has 0 fully saturated rings. The van der Waals surface area contributed by atoms with E-state index in [9.17, 15) is 4.79 Å². The number of hydrogen-bond acceptors (Lipinski definition) is 3. The van der Waals surface area contributed by atoms with Gasteiger partial charge in [-0.3, -0.25) is 4.79 Å². The van der Waals surface area contributed by atoms with Crippen molar-refractivity contribution in [3.8, 4) is 6.07 Å². The molecule has 4 heteroatoms. The lowest BCUT2D eigenvalue weighted by Gasteiger charge is -2.11. The number of halogens is 1. The summed E-state index contributed by atoms with van der Waals surface area (Å²) in [7, 11) is 0. The lowest BCUT2D eigenvalue weighted by atomic mass is 9.98. The van der Waals surface area contributed by atoms with Gasteiger partial charge in [0.1, 0.15) is 5.38 Å². The van der Waals surface area contributed by atoms with Gasteiger partial charge in [-0.1, -0.05) is 18.2 Å². The van der Waals surface area contributed by atoms with Crippen LogP contribution >= 0.6 is 11.6 Å². The van der Waals surface area contributed by atoms with Gasteiger partial charge in [0.15, 0.2) is 5.78 Å². The zero-order valence-corrected chi connectivity index (χ0v) is 9.66. The third-order valence-electron chi connectivity index (χ3n) is 2.29. The van der Waals surface area contributed by atoms with Crippen LogP contribution in [0.4, 0.5) is 0 Å². The Morgan fingerprint density at radius 3 is 2.81 bits per heavy atom. The molecule has 0 aliphatic heterocycles. The number of nitrogens with zero attached hydrogens (tertiary/aromatic N) is 1. The molecule has 3 nitrogen and oxygen atoms in total. The normalized spacial score (nSPS) is 11.9. The minimum atomic E-state index is -0.726. The summed E-state index contributed by atoms with van der Waals surface area (Å²) in [6.07, 6.45) is 0.180. The Balaban J connectivity index is 3.18. The highest BCUT2D eigenvalue weighted by Crippen LogP contribution is 2.26. The van der Waals surface area contributed by atoms with Crippen LogP contribution in [-0.2, 0) is 17.8 Å². The van der Waals surface area contributed by atoms with Crippen LogP contribution in [0.25, 0.3) is 0 Å². The molecule has 1 aromatic rings. The number of alkyl halides is 1. The zero-order valence-electron chi connectivity index (χ0n) is 8.90. The van der Waals surface area contributed by atoms with Gasteiger partial charge in [0, 0.05) is 0 Å². The molecule has 0 amide bonds. The van der Waals surface area contributed by atoms with Crippen molar-refractivity contribution >= 4 is 17.4 Å². The second-order valence-electron chi connectivity index (χ2n) is 3.50. The maximum Gasteiger partial charge on any atom is 0.152 e. The third-order valence-corrected chi connectivity index (χ3v) is 2.83. The van der Waals surface area contributed by atoms with Crippen LogP contribution in [0.1, 0.15) is 29.0 Å². The van der Waals surface area contributed by atoms with Crippen LogP contribution in [0, 0.1) is 11.3 Å². The molecule has 0 aromatic heterocycles. The summed E-state index contributed by atoms with van der Waals surface area (Å²) < 4.78 is 0. The van der Waals surface area contributed by atoms with Crippen molar-refractivity contribution in [3.63, 3.8) is 0 Å². The lowest BCUT2D eigenvalue weighted by Crippen LogP contribution is -2.05. The van der Waals surface area contributed by atoms with Crippen LogP contribution in [0.2, 0.25) is 0 Å². The molecule has 1 N–H and O–H groups in total. The van der Waals surface area contributed by atoms with Gasteiger partial charge in [-0.15, -0.1) is 11.6 Å². The highest BCUT2D eigenvalue weighted by Gasteiger charge is 2.17. The van der Waals surface area contributed by atoms with E-state index in [1.54, 1.807) is 18.2 Å². The quantitative estimate of drug-likeness (QED) is 0.816. The Labute approximate surface area is 99.3 Å². The number of Topliss-reactive ketones (excluding diaryl/α,β-unsaturated/α-hetero) is 1. The van der Waals surface area contributed by atoms with Crippen LogP contribution in [0.5, 0.6) is 0 Å². The summed E-state index contributed by atoms with van der Waals surface area (Å²) in [5.74, 6) is -0.155. The second kappa shape index (κ2) is 5.64. The number of hydrogen-bond donors (Lipinski definition) is 1. The molecular formula is C12H12ClNO2. The fourth-order valence-electron chi connectivity index (χ4n) is 1.46. The first kappa shape index (κ1) is 12.7. The molecule has 0 radical (unpaired) electrons. The molecule has 1 atom stereocenters.